The maximum Gasteiger partial charge on any atom is 0.140 e. The molecule has 0 radical (unpaired) electrons. The van der Waals surface area contributed by atoms with Gasteiger partial charge in [-0.1, -0.05) is 12.1 Å². The highest BCUT2D eigenvalue weighted by atomic mass is 32.2. The second-order valence-corrected chi connectivity index (χ2v) is 7.36. The summed E-state index contributed by atoms with van der Waals surface area (Å²) in [7, 11) is 0. The van der Waals surface area contributed by atoms with E-state index in [9.17, 15) is 0 Å². The molecule has 2 aromatic rings. The van der Waals surface area contributed by atoms with E-state index in [2.05, 4.69) is 56.7 Å². The van der Waals surface area contributed by atoms with Gasteiger partial charge in [0.15, 0.2) is 0 Å². The van der Waals surface area contributed by atoms with Crippen LogP contribution in [0.5, 0.6) is 0 Å². The third kappa shape index (κ3) is 2.57. The highest BCUT2D eigenvalue weighted by molar-refractivity contribution is 7.99. The molecule has 2 aliphatic rings. The fraction of sp³-hybridized carbons (Fsp3) is 0.529. The molecule has 4 nitrogen and oxygen atoms in total. The highest BCUT2D eigenvalue weighted by Gasteiger charge is 2.27. The number of anilines is 1. The average Bonchev–Trinajstić information content (AvgIpc) is 3.09. The molecule has 1 aromatic carbocycles. The largest absolute Gasteiger partial charge is 0.353 e. The number of thioether (sulfide) groups is 1. The summed E-state index contributed by atoms with van der Waals surface area (Å²) in [5, 5.41) is 1.22. The number of benzene rings is 1. The van der Waals surface area contributed by atoms with Crippen LogP contribution in [0.3, 0.4) is 0 Å². The molecule has 2 aliphatic heterocycles. The average molecular weight is 314 g/mol. The zero-order valence-electron chi connectivity index (χ0n) is 13.0. The molecule has 0 bridgehead atoms. The number of rotatable bonds is 2. The summed E-state index contributed by atoms with van der Waals surface area (Å²) in [6.45, 7) is 6.61. The van der Waals surface area contributed by atoms with Crippen molar-refractivity contribution in [3.05, 3.63) is 30.1 Å². The van der Waals surface area contributed by atoms with Gasteiger partial charge in [-0.2, -0.15) is 11.8 Å². The van der Waals surface area contributed by atoms with Gasteiger partial charge >= 0.3 is 0 Å². The Hall–Kier alpha value is -1.33. The highest BCUT2D eigenvalue weighted by Crippen LogP contribution is 2.28. The summed E-state index contributed by atoms with van der Waals surface area (Å²) in [4.78, 5) is 14.1. The summed E-state index contributed by atoms with van der Waals surface area (Å²) in [5.74, 6) is 3.76. The molecule has 1 atom stereocenters. The second-order valence-electron chi connectivity index (χ2n) is 6.21. The summed E-state index contributed by atoms with van der Waals surface area (Å²) in [5.41, 5.74) is 2.32. The van der Waals surface area contributed by atoms with Crippen molar-refractivity contribution in [2.45, 2.75) is 19.4 Å². The van der Waals surface area contributed by atoms with Crippen molar-refractivity contribution in [1.29, 1.82) is 0 Å². The minimum atomic E-state index is 0.802. The topological polar surface area (TPSA) is 32.3 Å². The lowest BCUT2D eigenvalue weighted by Gasteiger charge is -2.38. The van der Waals surface area contributed by atoms with Crippen LogP contribution in [-0.4, -0.2) is 58.6 Å². The molecule has 0 spiro atoms. The van der Waals surface area contributed by atoms with Gasteiger partial charge in [0.25, 0.3) is 0 Å². The Labute approximate surface area is 135 Å². The van der Waals surface area contributed by atoms with E-state index in [1.54, 1.807) is 6.33 Å². The Bertz CT molecular complexity index is 656. The van der Waals surface area contributed by atoms with Crippen LogP contribution >= 0.6 is 11.8 Å². The fourth-order valence-electron chi connectivity index (χ4n) is 3.61. The molecule has 2 fully saturated rings. The van der Waals surface area contributed by atoms with E-state index in [1.807, 2.05) is 0 Å². The molecule has 4 rings (SSSR count). The Morgan fingerprint density at radius 1 is 1.14 bits per heavy atom. The van der Waals surface area contributed by atoms with Gasteiger partial charge in [0.2, 0.25) is 0 Å². The van der Waals surface area contributed by atoms with Crippen molar-refractivity contribution in [2.24, 2.45) is 0 Å². The Kier molecular flexibility index (Phi) is 3.92. The minimum absolute atomic E-state index is 0.802. The van der Waals surface area contributed by atoms with E-state index >= 15 is 0 Å². The van der Waals surface area contributed by atoms with Crippen LogP contribution in [-0.2, 0) is 0 Å². The first kappa shape index (κ1) is 14.3. The van der Waals surface area contributed by atoms with E-state index < -0.39 is 0 Å². The van der Waals surface area contributed by atoms with E-state index in [0.29, 0.717) is 0 Å². The normalized spacial score (nSPS) is 23.3. The van der Waals surface area contributed by atoms with Crippen molar-refractivity contribution >= 4 is 28.5 Å². The SMILES string of the molecule is Cc1cccc2ncnc(N3CCN(C4CCSC4)CC3)c12. The number of nitrogens with zero attached hydrogens (tertiary/aromatic N) is 4. The zero-order valence-corrected chi connectivity index (χ0v) is 13.9. The van der Waals surface area contributed by atoms with Crippen LogP contribution in [0.15, 0.2) is 24.5 Å². The molecule has 22 heavy (non-hydrogen) atoms. The minimum Gasteiger partial charge on any atom is -0.353 e. The first-order valence-corrected chi connectivity index (χ1v) is 9.25. The van der Waals surface area contributed by atoms with Gasteiger partial charge in [-0.3, -0.25) is 4.90 Å². The van der Waals surface area contributed by atoms with Gasteiger partial charge < -0.3 is 4.90 Å². The smallest absolute Gasteiger partial charge is 0.140 e. The van der Waals surface area contributed by atoms with E-state index in [0.717, 1.165) is 43.6 Å². The maximum absolute atomic E-state index is 4.61. The van der Waals surface area contributed by atoms with Gasteiger partial charge in [0, 0.05) is 43.4 Å². The molecule has 0 aliphatic carbocycles. The van der Waals surface area contributed by atoms with Gasteiger partial charge in [-0.05, 0) is 30.7 Å². The standard InChI is InChI=1S/C17H22N4S/c1-13-3-2-4-15-16(13)17(19-12-18-15)21-8-6-20(7-9-21)14-5-10-22-11-14/h2-4,12,14H,5-11H2,1H3. The summed E-state index contributed by atoms with van der Waals surface area (Å²) < 4.78 is 0. The molecule has 0 N–H and O–H groups in total. The molecule has 2 saturated heterocycles. The van der Waals surface area contributed by atoms with Crippen molar-refractivity contribution in [3.8, 4) is 0 Å². The number of aromatic nitrogens is 2. The molecular formula is C17H22N4S. The van der Waals surface area contributed by atoms with Gasteiger partial charge in [0.05, 0.1) is 5.52 Å². The Morgan fingerprint density at radius 3 is 2.77 bits per heavy atom. The second kappa shape index (κ2) is 6.05. The molecule has 0 amide bonds. The van der Waals surface area contributed by atoms with Crippen molar-refractivity contribution < 1.29 is 0 Å². The molecule has 1 unspecified atom stereocenters. The van der Waals surface area contributed by atoms with Gasteiger partial charge in [0.1, 0.15) is 12.1 Å². The van der Waals surface area contributed by atoms with Crippen molar-refractivity contribution in [1.82, 2.24) is 14.9 Å². The molecule has 116 valence electrons. The lowest BCUT2D eigenvalue weighted by molar-refractivity contribution is 0.200. The fourth-order valence-corrected chi connectivity index (χ4v) is 4.86. The van der Waals surface area contributed by atoms with Crippen LogP contribution in [0, 0.1) is 6.92 Å². The maximum atomic E-state index is 4.61. The van der Waals surface area contributed by atoms with Crippen LogP contribution in [0.4, 0.5) is 5.82 Å². The van der Waals surface area contributed by atoms with Crippen LogP contribution in [0.1, 0.15) is 12.0 Å². The van der Waals surface area contributed by atoms with Crippen LogP contribution in [0.2, 0.25) is 0 Å². The molecular weight excluding hydrogens is 292 g/mol. The summed E-state index contributed by atoms with van der Waals surface area (Å²) in [6, 6.07) is 7.11. The van der Waals surface area contributed by atoms with E-state index in [1.165, 1.54) is 28.9 Å². The van der Waals surface area contributed by atoms with E-state index in [-0.39, 0.29) is 0 Å². The predicted molar refractivity (Wildman–Crippen MR) is 93.8 cm³/mol. The third-order valence-electron chi connectivity index (χ3n) is 4.89. The quantitative estimate of drug-likeness (QED) is 0.850. The molecule has 5 heteroatoms. The number of hydrogen-bond donors (Lipinski definition) is 0. The van der Waals surface area contributed by atoms with Crippen molar-refractivity contribution in [2.75, 3.05) is 42.6 Å². The Morgan fingerprint density at radius 2 is 2.00 bits per heavy atom. The van der Waals surface area contributed by atoms with Crippen LogP contribution < -0.4 is 4.90 Å². The number of hydrogen-bond acceptors (Lipinski definition) is 5. The summed E-state index contributed by atoms with van der Waals surface area (Å²) in [6.07, 6.45) is 3.07. The Balaban J connectivity index is 1.56. The lowest BCUT2D eigenvalue weighted by atomic mass is 10.1. The van der Waals surface area contributed by atoms with E-state index in [4.69, 9.17) is 0 Å². The first-order valence-electron chi connectivity index (χ1n) is 8.10. The van der Waals surface area contributed by atoms with Crippen LogP contribution in [0.25, 0.3) is 10.9 Å². The van der Waals surface area contributed by atoms with Gasteiger partial charge in [-0.25, -0.2) is 9.97 Å². The van der Waals surface area contributed by atoms with Gasteiger partial charge in [-0.15, -0.1) is 0 Å². The predicted octanol–water partition coefficient (Wildman–Crippen LogP) is 2.57. The number of aryl methyl sites for hydroxylation is 1. The third-order valence-corrected chi connectivity index (χ3v) is 6.03. The lowest BCUT2D eigenvalue weighted by Crippen LogP contribution is -2.50. The molecule has 1 aromatic heterocycles. The first-order chi connectivity index (χ1) is 10.8. The van der Waals surface area contributed by atoms with Crippen molar-refractivity contribution in [3.63, 3.8) is 0 Å². The molecule has 0 saturated carbocycles. The monoisotopic (exact) mass is 314 g/mol. The molecule has 3 heterocycles. The zero-order chi connectivity index (χ0) is 14.9. The number of fused-ring (bicyclic) bond motifs is 1. The summed E-state index contributed by atoms with van der Waals surface area (Å²) >= 11 is 2.10. The number of piperazine rings is 1.